The Morgan fingerprint density at radius 3 is 2.02 bits per heavy atom. The van der Waals surface area contributed by atoms with Gasteiger partial charge in [-0.2, -0.15) is 0 Å². The molecule has 6 aromatic carbocycles. The van der Waals surface area contributed by atoms with Crippen LogP contribution < -0.4 is 0 Å². The minimum Gasteiger partial charge on any atom is -0.309 e. The molecule has 0 aliphatic heterocycles. The van der Waals surface area contributed by atoms with Crippen molar-refractivity contribution < 1.29 is 0 Å². The third-order valence-corrected chi connectivity index (χ3v) is 9.57. The zero-order chi connectivity index (χ0) is 27.4. The Bertz CT molecular complexity index is 2410. The summed E-state index contributed by atoms with van der Waals surface area (Å²) < 4.78 is 2.43. The van der Waals surface area contributed by atoms with Crippen LogP contribution in [0, 0.1) is 0 Å². The van der Waals surface area contributed by atoms with E-state index in [-0.39, 0.29) is 0 Å². The van der Waals surface area contributed by atoms with Gasteiger partial charge in [0.2, 0.25) is 0 Å². The fourth-order valence-electron chi connectivity index (χ4n) is 7.94. The zero-order valence-electron chi connectivity index (χ0n) is 22.8. The summed E-state index contributed by atoms with van der Waals surface area (Å²) >= 11 is 0. The second kappa shape index (κ2) is 7.84. The fraction of sp³-hybridized carbons (Fsp3) is 0.0250. The maximum atomic E-state index is 5.32. The first-order valence-electron chi connectivity index (χ1n) is 14.6. The highest BCUT2D eigenvalue weighted by atomic mass is 15.0. The largest absolute Gasteiger partial charge is 0.309 e. The Labute approximate surface area is 243 Å². The Balaban J connectivity index is 1.42. The molecule has 0 amide bonds. The standard InChI is InChI=1S/C40H24N2/c1-2-13-26(14-3-1)42-37-21-11-7-16-28(37)31-23-30-27-15-5-8-18-32(27)40(34(30)24-38(31)42)33-19-9-6-17-29(33)39-35(40)22-25-12-4-10-20-36(25)41-39/h1-24H. The van der Waals surface area contributed by atoms with E-state index in [4.69, 9.17) is 4.98 Å². The molecule has 2 heterocycles. The van der Waals surface area contributed by atoms with Gasteiger partial charge in [-0.1, -0.05) is 103 Å². The lowest BCUT2D eigenvalue weighted by Gasteiger charge is -2.30. The molecule has 2 aromatic heterocycles. The number of hydrogen-bond donors (Lipinski definition) is 0. The van der Waals surface area contributed by atoms with Gasteiger partial charge < -0.3 is 4.57 Å². The van der Waals surface area contributed by atoms with Gasteiger partial charge in [0, 0.05) is 27.4 Å². The van der Waals surface area contributed by atoms with Crippen LogP contribution in [0.4, 0.5) is 0 Å². The van der Waals surface area contributed by atoms with Crippen LogP contribution in [0.3, 0.4) is 0 Å². The summed E-state index contributed by atoms with van der Waals surface area (Å²) in [4.78, 5) is 5.32. The Hall–Kier alpha value is -5.47. The van der Waals surface area contributed by atoms with Crippen molar-refractivity contribution in [3.05, 3.63) is 168 Å². The monoisotopic (exact) mass is 532 g/mol. The van der Waals surface area contributed by atoms with E-state index in [1.54, 1.807) is 0 Å². The van der Waals surface area contributed by atoms with Gasteiger partial charge in [-0.3, -0.25) is 0 Å². The Kier molecular flexibility index (Phi) is 4.15. The van der Waals surface area contributed by atoms with Crippen molar-refractivity contribution in [1.29, 1.82) is 0 Å². The molecule has 42 heavy (non-hydrogen) atoms. The highest BCUT2D eigenvalue weighted by Crippen LogP contribution is 2.63. The van der Waals surface area contributed by atoms with Crippen LogP contribution in [0.2, 0.25) is 0 Å². The van der Waals surface area contributed by atoms with Gasteiger partial charge in [0.15, 0.2) is 0 Å². The average molecular weight is 533 g/mol. The van der Waals surface area contributed by atoms with Gasteiger partial charge in [-0.25, -0.2) is 4.98 Å². The molecule has 0 bridgehead atoms. The number of nitrogens with zero attached hydrogens (tertiary/aromatic N) is 2. The average Bonchev–Trinajstić information content (AvgIpc) is 3.64. The van der Waals surface area contributed by atoms with Crippen LogP contribution in [0.15, 0.2) is 146 Å². The predicted molar refractivity (Wildman–Crippen MR) is 172 cm³/mol. The SMILES string of the molecule is c1ccc(-n2c3ccccc3c3cc4c(cc32)C2(c3ccccc3-4)c3ccccc3-c3nc4ccccc4cc32)cc1. The first-order chi connectivity index (χ1) is 20.8. The van der Waals surface area contributed by atoms with E-state index in [2.05, 4.69) is 150 Å². The lowest BCUT2D eigenvalue weighted by molar-refractivity contribution is 0.794. The molecule has 1 spiro atoms. The van der Waals surface area contributed by atoms with Gasteiger partial charge >= 0.3 is 0 Å². The lowest BCUT2D eigenvalue weighted by Crippen LogP contribution is -2.26. The minimum absolute atomic E-state index is 0.443. The number of hydrogen-bond acceptors (Lipinski definition) is 1. The molecule has 0 saturated heterocycles. The summed E-state index contributed by atoms with van der Waals surface area (Å²) in [6.07, 6.45) is 0. The second-order valence-electron chi connectivity index (χ2n) is 11.5. The second-order valence-corrected chi connectivity index (χ2v) is 11.5. The van der Waals surface area contributed by atoms with Crippen molar-refractivity contribution in [2.75, 3.05) is 0 Å². The first kappa shape index (κ1) is 22.2. The molecule has 0 saturated carbocycles. The Morgan fingerprint density at radius 1 is 0.452 bits per heavy atom. The molecule has 0 fully saturated rings. The molecular weight excluding hydrogens is 508 g/mol. The smallest absolute Gasteiger partial charge is 0.0761 e. The highest BCUT2D eigenvalue weighted by Gasteiger charge is 2.52. The zero-order valence-corrected chi connectivity index (χ0v) is 22.8. The lowest BCUT2D eigenvalue weighted by atomic mass is 9.70. The quantitative estimate of drug-likeness (QED) is 0.206. The van der Waals surface area contributed by atoms with E-state index in [9.17, 15) is 0 Å². The number of para-hydroxylation sites is 3. The van der Waals surface area contributed by atoms with Crippen molar-refractivity contribution in [1.82, 2.24) is 9.55 Å². The van der Waals surface area contributed by atoms with Crippen molar-refractivity contribution >= 4 is 32.7 Å². The van der Waals surface area contributed by atoms with Gasteiger partial charge in [0.1, 0.15) is 0 Å². The molecule has 0 N–H and O–H groups in total. The molecule has 2 heteroatoms. The fourth-order valence-corrected chi connectivity index (χ4v) is 7.94. The number of benzene rings is 6. The Morgan fingerprint density at radius 2 is 1.14 bits per heavy atom. The summed E-state index contributed by atoms with van der Waals surface area (Å²) in [6, 6.07) is 53.3. The van der Waals surface area contributed by atoms with Crippen molar-refractivity contribution in [2.24, 2.45) is 0 Å². The van der Waals surface area contributed by atoms with E-state index < -0.39 is 5.41 Å². The molecule has 2 aliphatic carbocycles. The molecule has 0 radical (unpaired) electrons. The number of pyridine rings is 1. The normalized spacial score (nSPS) is 16.2. The topological polar surface area (TPSA) is 17.8 Å². The summed E-state index contributed by atoms with van der Waals surface area (Å²) in [5.41, 5.74) is 14.4. The molecule has 1 atom stereocenters. The highest BCUT2D eigenvalue weighted by molar-refractivity contribution is 6.12. The van der Waals surface area contributed by atoms with Gasteiger partial charge in [-0.05, 0) is 75.8 Å². The summed E-state index contributed by atoms with van der Waals surface area (Å²) in [7, 11) is 0. The maximum absolute atomic E-state index is 5.32. The van der Waals surface area contributed by atoms with E-state index >= 15 is 0 Å². The van der Waals surface area contributed by atoms with Crippen molar-refractivity contribution in [3.63, 3.8) is 0 Å². The van der Waals surface area contributed by atoms with Crippen LogP contribution >= 0.6 is 0 Å². The maximum Gasteiger partial charge on any atom is 0.0761 e. The number of rotatable bonds is 1. The van der Waals surface area contributed by atoms with Crippen LogP contribution in [0.5, 0.6) is 0 Å². The van der Waals surface area contributed by atoms with E-state index in [1.807, 2.05) is 0 Å². The third-order valence-electron chi connectivity index (χ3n) is 9.57. The van der Waals surface area contributed by atoms with E-state index in [0.717, 1.165) is 11.2 Å². The predicted octanol–water partition coefficient (Wildman–Crippen LogP) is 9.68. The van der Waals surface area contributed by atoms with Gasteiger partial charge in [0.25, 0.3) is 0 Å². The molecule has 10 rings (SSSR count). The van der Waals surface area contributed by atoms with Gasteiger partial charge in [0.05, 0.1) is 27.7 Å². The summed E-state index contributed by atoms with van der Waals surface area (Å²) in [6.45, 7) is 0. The molecule has 194 valence electrons. The van der Waals surface area contributed by atoms with E-state index in [0.29, 0.717) is 0 Å². The summed E-state index contributed by atoms with van der Waals surface area (Å²) in [5.74, 6) is 0. The molecule has 2 nitrogen and oxygen atoms in total. The van der Waals surface area contributed by atoms with E-state index in [1.165, 1.54) is 71.8 Å². The molecule has 1 unspecified atom stereocenters. The molecular formula is C40H24N2. The van der Waals surface area contributed by atoms with Crippen LogP contribution in [0.1, 0.15) is 22.3 Å². The third kappa shape index (κ3) is 2.59. The van der Waals surface area contributed by atoms with Gasteiger partial charge in [-0.15, -0.1) is 0 Å². The first-order valence-corrected chi connectivity index (χ1v) is 14.6. The van der Waals surface area contributed by atoms with Crippen molar-refractivity contribution in [2.45, 2.75) is 5.41 Å². The summed E-state index contributed by atoms with van der Waals surface area (Å²) in [5, 5.41) is 3.73. The van der Waals surface area contributed by atoms with Crippen molar-refractivity contribution in [3.8, 4) is 28.1 Å². The van der Waals surface area contributed by atoms with Crippen LogP contribution in [-0.4, -0.2) is 9.55 Å². The minimum atomic E-state index is -0.443. The van der Waals surface area contributed by atoms with Crippen LogP contribution in [-0.2, 0) is 5.41 Å². The van der Waals surface area contributed by atoms with Crippen LogP contribution in [0.25, 0.3) is 60.8 Å². The molecule has 8 aromatic rings. The number of fused-ring (bicyclic) bond motifs is 14. The molecule has 2 aliphatic rings. The number of aromatic nitrogens is 2.